The third-order valence-corrected chi connectivity index (χ3v) is 3.90. The number of carbonyl (C=O) groups is 1. The van der Waals surface area contributed by atoms with E-state index in [1.54, 1.807) is 43.5 Å². The highest BCUT2D eigenvalue weighted by Crippen LogP contribution is 2.22. The van der Waals surface area contributed by atoms with Crippen LogP contribution in [-0.4, -0.2) is 23.0 Å². The molecule has 9 heteroatoms. The van der Waals surface area contributed by atoms with Gasteiger partial charge in [-0.3, -0.25) is 15.6 Å². The van der Waals surface area contributed by atoms with Crippen LogP contribution in [0.3, 0.4) is 0 Å². The minimum atomic E-state index is -0.360. The predicted molar refractivity (Wildman–Crippen MR) is 104 cm³/mol. The number of hydrogen-bond acceptors (Lipinski definition) is 7. The number of nitrogen functional groups attached to an aromatic ring is 1. The normalized spacial score (nSPS) is 10.2. The standard InChI is InChI=1S/C19H19FN6O2/c1-28-15-8-4-13(5-9-15)19(27)26-25-18-16(21)17(23-11-24-18)22-10-12-2-6-14(20)7-3-12/h2-9,11H,10,21H2,1H3,(H,26,27)(H2,22,23,24,25). The number of anilines is 3. The van der Waals surface area contributed by atoms with E-state index >= 15 is 0 Å². The Morgan fingerprint density at radius 2 is 1.75 bits per heavy atom. The van der Waals surface area contributed by atoms with E-state index in [1.165, 1.54) is 18.5 Å². The molecule has 1 aromatic heterocycles. The van der Waals surface area contributed by atoms with E-state index < -0.39 is 0 Å². The molecule has 0 atom stereocenters. The summed E-state index contributed by atoms with van der Waals surface area (Å²) in [4.78, 5) is 20.3. The molecule has 3 aromatic rings. The smallest absolute Gasteiger partial charge is 0.269 e. The molecule has 0 spiro atoms. The molecule has 0 saturated carbocycles. The first-order chi connectivity index (χ1) is 13.6. The van der Waals surface area contributed by atoms with Gasteiger partial charge in [0.2, 0.25) is 0 Å². The Morgan fingerprint density at radius 3 is 2.43 bits per heavy atom. The van der Waals surface area contributed by atoms with Crippen molar-refractivity contribution in [3.05, 3.63) is 71.8 Å². The molecule has 0 unspecified atom stereocenters. The summed E-state index contributed by atoms with van der Waals surface area (Å²) in [5.74, 6) is 0.631. The van der Waals surface area contributed by atoms with Crippen LogP contribution >= 0.6 is 0 Å². The van der Waals surface area contributed by atoms with E-state index in [-0.39, 0.29) is 23.2 Å². The van der Waals surface area contributed by atoms with Gasteiger partial charge in [0.1, 0.15) is 23.6 Å². The van der Waals surface area contributed by atoms with Gasteiger partial charge in [-0.25, -0.2) is 14.4 Å². The van der Waals surface area contributed by atoms with Crippen molar-refractivity contribution < 1.29 is 13.9 Å². The maximum absolute atomic E-state index is 13.0. The molecule has 0 saturated heterocycles. The van der Waals surface area contributed by atoms with Gasteiger partial charge in [-0.1, -0.05) is 12.1 Å². The number of hydrazine groups is 1. The van der Waals surface area contributed by atoms with Crippen molar-refractivity contribution in [2.75, 3.05) is 23.6 Å². The number of halogens is 1. The molecular weight excluding hydrogens is 363 g/mol. The minimum Gasteiger partial charge on any atom is -0.497 e. The van der Waals surface area contributed by atoms with Crippen molar-refractivity contribution in [1.29, 1.82) is 0 Å². The van der Waals surface area contributed by atoms with Crippen LogP contribution < -0.4 is 26.6 Å². The summed E-state index contributed by atoms with van der Waals surface area (Å²) in [6.07, 6.45) is 1.31. The average molecular weight is 382 g/mol. The van der Waals surface area contributed by atoms with E-state index in [9.17, 15) is 9.18 Å². The first kappa shape index (κ1) is 18.9. The lowest BCUT2D eigenvalue weighted by Crippen LogP contribution is -2.30. The second kappa shape index (κ2) is 8.67. The zero-order chi connectivity index (χ0) is 19.9. The first-order valence-corrected chi connectivity index (χ1v) is 8.36. The summed E-state index contributed by atoms with van der Waals surface area (Å²) < 4.78 is 18.0. The number of carbonyl (C=O) groups excluding carboxylic acids is 1. The van der Waals surface area contributed by atoms with Crippen molar-refractivity contribution in [1.82, 2.24) is 15.4 Å². The summed E-state index contributed by atoms with van der Waals surface area (Å²) >= 11 is 0. The number of ether oxygens (including phenoxy) is 1. The highest BCUT2D eigenvalue weighted by molar-refractivity contribution is 5.95. The summed E-state index contributed by atoms with van der Waals surface area (Å²) in [5.41, 5.74) is 12.8. The van der Waals surface area contributed by atoms with Gasteiger partial charge in [0, 0.05) is 12.1 Å². The Morgan fingerprint density at radius 1 is 1.07 bits per heavy atom. The SMILES string of the molecule is COc1ccc(C(=O)NNc2ncnc(NCc3ccc(F)cc3)c2N)cc1. The maximum atomic E-state index is 13.0. The van der Waals surface area contributed by atoms with Crippen LogP contribution in [0.4, 0.5) is 21.7 Å². The Kier molecular flexibility index (Phi) is 5.85. The Balaban J connectivity index is 1.61. The summed E-state index contributed by atoms with van der Waals surface area (Å²) in [6, 6.07) is 12.7. The van der Waals surface area contributed by atoms with Gasteiger partial charge in [0.15, 0.2) is 11.6 Å². The molecule has 1 amide bonds. The van der Waals surface area contributed by atoms with Crippen LogP contribution in [0.25, 0.3) is 0 Å². The molecule has 0 radical (unpaired) electrons. The zero-order valence-electron chi connectivity index (χ0n) is 15.1. The van der Waals surface area contributed by atoms with E-state index in [2.05, 4.69) is 26.1 Å². The molecule has 5 N–H and O–H groups in total. The average Bonchev–Trinajstić information content (AvgIpc) is 2.73. The van der Waals surface area contributed by atoms with Gasteiger partial charge < -0.3 is 15.8 Å². The Bertz CT molecular complexity index is 948. The largest absolute Gasteiger partial charge is 0.497 e. The number of nitrogens with zero attached hydrogens (tertiary/aromatic N) is 2. The summed E-state index contributed by atoms with van der Waals surface area (Å²) in [5, 5.41) is 3.06. The summed E-state index contributed by atoms with van der Waals surface area (Å²) in [7, 11) is 1.55. The van der Waals surface area contributed by atoms with Gasteiger partial charge in [-0.05, 0) is 42.0 Å². The summed E-state index contributed by atoms with van der Waals surface area (Å²) in [6.45, 7) is 0.402. The molecule has 3 rings (SSSR count). The van der Waals surface area contributed by atoms with E-state index in [4.69, 9.17) is 10.5 Å². The number of amides is 1. The molecule has 144 valence electrons. The van der Waals surface area contributed by atoms with Crippen LogP contribution in [0.2, 0.25) is 0 Å². The number of benzene rings is 2. The van der Waals surface area contributed by atoms with E-state index in [0.29, 0.717) is 23.7 Å². The molecule has 1 heterocycles. The van der Waals surface area contributed by atoms with Crippen molar-refractivity contribution in [2.24, 2.45) is 0 Å². The maximum Gasteiger partial charge on any atom is 0.269 e. The number of nitrogens with two attached hydrogens (primary N) is 1. The molecule has 0 bridgehead atoms. The van der Waals surface area contributed by atoms with Crippen LogP contribution in [0.15, 0.2) is 54.9 Å². The number of hydrogen-bond donors (Lipinski definition) is 4. The van der Waals surface area contributed by atoms with Crippen LogP contribution in [0.5, 0.6) is 5.75 Å². The second-order valence-electron chi connectivity index (χ2n) is 5.77. The number of methoxy groups -OCH3 is 1. The molecular formula is C19H19FN6O2. The first-order valence-electron chi connectivity index (χ1n) is 8.36. The quantitative estimate of drug-likeness (QED) is 0.464. The van der Waals surface area contributed by atoms with Gasteiger partial charge >= 0.3 is 0 Å². The van der Waals surface area contributed by atoms with Gasteiger partial charge in [-0.2, -0.15) is 0 Å². The molecule has 2 aromatic carbocycles. The fourth-order valence-corrected chi connectivity index (χ4v) is 2.35. The molecule has 0 fully saturated rings. The second-order valence-corrected chi connectivity index (χ2v) is 5.77. The van der Waals surface area contributed by atoms with Crippen molar-refractivity contribution in [3.8, 4) is 5.75 Å². The Labute approximate surface area is 160 Å². The third-order valence-electron chi connectivity index (χ3n) is 3.90. The fourth-order valence-electron chi connectivity index (χ4n) is 2.35. The van der Waals surface area contributed by atoms with E-state index in [1.807, 2.05) is 0 Å². The van der Waals surface area contributed by atoms with Crippen LogP contribution in [0, 0.1) is 5.82 Å². The van der Waals surface area contributed by atoms with Crippen molar-refractivity contribution in [2.45, 2.75) is 6.54 Å². The number of nitrogens with one attached hydrogen (secondary N) is 3. The lowest BCUT2D eigenvalue weighted by atomic mass is 10.2. The molecule has 0 aliphatic rings. The van der Waals surface area contributed by atoms with E-state index in [0.717, 1.165) is 5.56 Å². The lowest BCUT2D eigenvalue weighted by Gasteiger charge is -2.13. The number of rotatable bonds is 7. The lowest BCUT2D eigenvalue weighted by molar-refractivity contribution is 0.0962. The molecule has 0 aliphatic heterocycles. The zero-order valence-corrected chi connectivity index (χ0v) is 15.1. The topological polar surface area (TPSA) is 114 Å². The molecule has 8 nitrogen and oxygen atoms in total. The van der Waals surface area contributed by atoms with Gasteiger partial charge in [0.05, 0.1) is 7.11 Å². The van der Waals surface area contributed by atoms with Crippen molar-refractivity contribution in [3.63, 3.8) is 0 Å². The minimum absolute atomic E-state index is 0.236. The highest BCUT2D eigenvalue weighted by Gasteiger charge is 2.10. The fraction of sp³-hybridized carbons (Fsp3) is 0.105. The van der Waals surface area contributed by atoms with Crippen LogP contribution in [-0.2, 0) is 6.54 Å². The third kappa shape index (κ3) is 4.64. The Hall–Kier alpha value is -3.88. The molecule has 28 heavy (non-hydrogen) atoms. The molecule has 0 aliphatic carbocycles. The van der Waals surface area contributed by atoms with Gasteiger partial charge in [0.25, 0.3) is 5.91 Å². The monoisotopic (exact) mass is 382 g/mol. The highest BCUT2D eigenvalue weighted by atomic mass is 19.1. The predicted octanol–water partition coefficient (Wildman–Crippen LogP) is 2.58. The van der Waals surface area contributed by atoms with Gasteiger partial charge in [-0.15, -0.1) is 0 Å². The van der Waals surface area contributed by atoms with Crippen LogP contribution in [0.1, 0.15) is 15.9 Å². The van der Waals surface area contributed by atoms with Crippen molar-refractivity contribution >= 4 is 23.2 Å². The number of aromatic nitrogens is 2.